The van der Waals surface area contributed by atoms with Gasteiger partial charge in [-0.3, -0.25) is 14.4 Å². The molecule has 0 spiro atoms. The lowest BCUT2D eigenvalue weighted by Crippen LogP contribution is -2.58. The molecule has 0 fully saturated rings. The molecule has 0 saturated heterocycles. The molecule has 0 radical (unpaired) electrons. The van der Waals surface area contributed by atoms with Crippen LogP contribution in [-0.2, 0) is 28.6 Å². The van der Waals surface area contributed by atoms with E-state index in [1.54, 1.807) is 0 Å². The van der Waals surface area contributed by atoms with E-state index >= 15 is 0 Å². The van der Waals surface area contributed by atoms with Crippen molar-refractivity contribution in [3.63, 3.8) is 0 Å². The van der Waals surface area contributed by atoms with E-state index in [1.807, 2.05) is 0 Å². The number of aliphatic carboxylic acids is 3. The lowest BCUT2D eigenvalue weighted by atomic mass is 10.0. The fourth-order valence-corrected chi connectivity index (χ4v) is 2.04. The quantitative estimate of drug-likeness (QED) is 0.117. The number of carboxylic acid groups (broad SMARTS) is 3. The van der Waals surface area contributed by atoms with Crippen LogP contribution in [-0.4, -0.2) is 103 Å². The molecule has 0 rings (SSSR count). The van der Waals surface area contributed by atoms with Gasteiger partial charge in [0.15, 0.2) is 0 Å². The molecule has 13 heteroatoms. The molecule has 0 amide bonds. The highest BCUT2D eigenvalue weighted by Gasteiger charge is 2.32. The minimum absolute atomic E-state index is 0.112. The Hall–Kier alpha value is -2.19. The fourth-order valence-electron chi connectivity index (χ4n) is 2.04. The number of rotatable bonds is 20. The second-order valence-electron chi connectivity index (χ2n) is 6.22. The van der Waals surface area contributed by atoms with Gasteiger partial charge >= 0.3 is 17.9 Å². The first-order chi connectivity index (χ1) is 13.7. The predicted octanol–water partition coefficient (Wildman–Crippen LogP) is -1.08. The van der Waals surface area contributed by atoms with Crippen LogP contribution in [0.1, 0.15) is 19.3 Å². The van der Waals surface area contributed by atoms with Crippen molar-refractivity contribution in [3.05, 3.63) is 4.91 Å². The van der Waals surface area contributed by atoms with E-state index in [2.05, 4.69) is 10.5 Å². The first kappa shape index (κ1) is 26.8. The largest absolute Gasteiger partial charge is 0.481 e. The van der Waals surface area contributed by atoms with Crippen molar-refractivity contribution < 1.29 is 49.0 Å². The smallest absolute Gasteiger partial charge is 0.305 e. The number of nitroso groups, excluding NO2 is 1. The van der Waals surface area contributed by atoms with Gasteiger partial charge in [-0.05, 0) is 0 Å². The summed E-state index contributed by atoms with van der Waals surface area (Å²) in [6.45, 7) is -1.27. The standard InChI is InChI=1S/C16H28N2O11/c19-12(8-18-26)7-17-16(9-27-4-1-13(20)21,10-28-5-2-14(22)23)11-29-6-3-15(24)25/h12,17,19H,1-11H2,(H,20,21)(H,22,23)(H,24,25). The number of carbonyl (C=O) groups is 3. The van der Waals surface area contributed by atoms with E-state index in [0.29, 0.717) is 0 Å². The van der Waals surface area contributed by atoms with Gasteiger partial charge in [-0.1, -0.05) is 5.18 Å². The Kier molecular flexibility index (Phi) is 14.5. The van der Waals surface area contributed by atoms with E-state index in [0.717, 1.165) is 0 Å². The summed E-state index contributed by atoms with van der Waals surface area (Å²) in [5.41, 5.74) is -1.15. The highest BCUT2D eigenvalue weighted by atomic mass is 16.5. The number of hydrogen-bond acceptors (Lipinski definition) is 10. The van der Waals surface area contributed by atoms with E-state index in [-0.39, 0.29) is 72.0 Å². The van der Waals surface area contributed by atoms with Crippen molar-refractivity contribution in [1.29, 1.82) is 0 Å². The molecular formula is C16H28N2O11. The van der Waals surface area contributed by atoms with E-state index in [4.69, 9.17) is 29.5 Å². The van der Waals surface area contributed by atoms with Crippen molar-refractivity contribution in [2.24, 2.45) is 5.18 Å². The van der Waals surface area contributed by atoms with Gasteiger partial charge < -0.3 is 40.0 Å². The summed E-state index contributed by atoms with van der Waals surface area (Å²) >= 11 is 0. The van der Waals surface area contributed by atoms with Crippen molar-refractivity contribution in [2.45, 2.75) is 30.9 Å². The van der Waals surface area contributed by atoms with Gasteiger partial charge in [-0.15, -0.1) is 0 Å². The summed E-state index contributed by atoms with van der Waals surface area (Å²) < 4.78 is 16.1. The molecule has 0 aliphatic heterocycles. The first-order valence-electron chi connectivity index (χ1n) is 8.81. The van der Waals surface area contributed by atoms with Gasteiger partial charge in [0.25, 0.3) is 0 Å². The van der Waals surface area contributed by atoms with E-state index in [1.165, 1.54) is 0 Å². The molecule has 0 saturated carbocycles. The summed E-state index contributed by atoms with van der Waals surface area (Å²) in [5, 5.41) is 41.3. The summed E-state index contributed by atoms with van der Waals surface area (Å²) in [4.78, 5) is 42.2. The lowest BCUT2D eigenvalue weighted by Gasteiger charge is -2.35. The summed E-state index contributed by atoms with van der Waals surface area (Å²) in [7, 11) is 0. The predicted molar refractivity (Wildman–Crippen MR) is 96.6 cm³/mol. The Balaban J connectivity index is 5.04. The molecule has 0 aromatic carbocycles. The number of aliphatic hydroxyl groups excluding tert-OH is 1. The zero-order valence-electron chi connectivity index (χ0n) is 15.9. The van der Waals surface area contributed by atoms with Crippen LogP contribution >= 0.6 is 0 Å². The van der Waals surface area contributed by atoms with Crippen LogP contribution in [0.2, 0.25) is 0 Å². The second kappa shape index (κ2) is 15.7. The minimum Gasteiger partial charge on any atom is -0.481 e. The molecule has 0 aliphatic rings. The number of carboxylic acids is 3. The van der Waals surface area contributed by atoms with Gasteiger partial charge in [0.1, 0.15) is 6.54 Å². The average Bonchev–Trinajstić information content (AvgIpc) is 2.64. The van der Waals surface area contributed by atoms with Crippen molar-refractivity contribution in [3.8, 4) is 0 Å². The maximum absolute atomic E-state index is 10.6. The van der Waals surface area contributed by atoms with Crippen molar-refractivity contribution in [1.82, 2.24) is 5.32 Å². The molecule has 0 heterocycles. The highest BCUT2D eigenvalue weighted by molar-refractivity contribution is 5.67. The highest BCUT2D eigenvalue weighted by Crippen LogP contribution is 2.11. The van der Waals surface area contributed by atoms with Crippen molar-refractivity contribution >= 4 is 17.9 Å². The molecule has 1 atom stereocenters. The van der Waals surface area contributed by atoms with Crippen LogP contribution in [0.4, 0.5) is 0 Å². The maximum atomic E-state index is 10.6. The molecule has 0 bridgehead atoms. The molecule has 168 valence electrons. The summed E-state index contributed by atoms with van der Waals surface area (Å²) in [6, 6.07) is 0. The minimum atomic E-state index is -1.15. The fraction of sp³-hybridized carbons (Fsp3) is 0.812. The van der Waals surface area contributed by atoms with Crippen LogP contribution in [0, 0.1) is 4.91 Å². The van der Waals surface area contributed by atoms with Crippen LogP contribution in [0.5, 0.6) is 0 Å². The van der Waals surface area contributed by atoms with Gasteiger partial charge in [0.2, 0.25) is 0 Å². The van der Waals surface area contributed by atoms with Crippen LogP contribution in [0.15, 0.2) is 5.18 Å². The number of nitrogens with one attached hydrogen (secondary N) is 1. The Morgan fingerprint density at radius 1 is 0.828 bits per heavy atom. The number of ether oxygens (including phenoxy) is 3. The number of β-amino-alcohol motifs (C(OH)–C–C–N with tert-alkyl or cyclic N) is 1. The van der Waals surface area contributed by atoms with Gasteiger partial charge in [-0.2, -0.15) is 4.91 Å². The molecule has 0 aromatic rings. The zero-order chi connectivity index (χ0) is 22.1. The lowest BCUT2D eigenvalue weighted by molar-refractivity contribution is -0.139. The monoisotopic (exact) mass is 424 g/mol. The molecule has 1 unspecified atom stereocenters. The average molecular weight is 424 g/mol. The van der Waals surface area contributed by atoms with Gasteiger partial charge in [0, 0.05) is 6.54 Å². The molecule has 13 nitrogen and oxygen atoms in total. The van der Waals surface area contributed by atoms with Crippen LogP contribution < -0.4 is 5.32 Å². The number of aliphatic hydroxyl groups is 1. The third-order valence-corrected chi connectivity index (χ3v) is 3.51. The zero-order valence-corrected chi connectivity index (χ0v) is 15.9. The summed E-state index contributed by atoms with van der Waals surface area (Å²) in [5.74, 6) is -3.19. The van der Waals surface area contributed by atoms with Crippen molar-refractivity contribution in [2.75, 3.05) is 52.7 Å². The SMILES string of the molecule is O=NCC(O)CNC(COCCC(=O)O)(COCCC(=O)O)COCCC(=O)O. The Labute approximate surface area is 166 Å². The Bertz CT molecular complexity index is 460. The normalized spacial score (nSPS) is 12.4. The number of hydrogen-bond donors (Lipinski definition) is 5. The molecule has 5 N–H and O–H groups in total. The second-order valence-corrected chi connectivity index (χ2v) is 6.22. The summed E-state index contributed by atoms with van der Waals surface area (Å²) in [6.07, 6.45) is -1.89. The maximum Gasteiger partial charge on any atom is 0.305 e. The van der Waals surface area contributed by atoms with Crippen LogP contribution in [0.25, 0.3) is 0 Å². The Morgan fingerprint density at radius 3 is 1.52 bits per heavy atom. The third-order valence-electron chi connectivity index (χ3n) is 3.51. The topological polar surface area (TPSA) is 201 Å². The molecule has 29 heavy (non-hydrogen) atoms. The van der Waals surface area contributed by atoms with Gasteiger partial charge in [0.05, 0.1) is 70.5 Å². The Morgan fingerprint density at radius 2 is 1.21 bits per heavy atom. The first-order valence-corrected chi connectivity index (χ1v) is 8.81. The van der Waals surface area contributed by atoms with Gasteiger partial charge in [-0.25, -0.2) is 0 Å². The van der Waals surface area contributed by atoms with E-state index in [9.17, 15) is 24.4 Å². The molecule has 0 aromatic heterocycles. The third kappa shape index (κ3) is 15.4. The molecular weight excluding hydrogens is 396 g/mol. The van der Waals surface area contributed by atoms with Crippen LogP contribution in [0.3, 0.4) is 0 Å². The van der Waals surface area contributed by atoms with E-state index < -0.39 is 29.6 Å². The number of nitrogens with zero attached hydrogens (tertiary/aromatic N) is 1. The molecule has 0 aliphatic carbocycles.